The number of hydrogen-bond donors (Lipinski definition) is 1. The maximum Gasteiger partial charge on any atom is 0.259 e. The van der Waals surface area contributed by atoms with E-state index < -0.39 is 11.7 Å². The SMILES string of the molecule is O=C(Nc1ccc(Cl)cc1F)c1cn(-c2ccccc2)nc1-c1cccnc1. The number of aromatic nitrogens is 3. The van der Waals surface area contributed by atoms with Crippen molar-refractivity contribution in [3.05, 3.63) is 95.7 Å². The van der Waals surface area contributed by atoms with Crippen LogP contribution in [0.25, 0.3) is 16.9 Å². The van der Waals surface area contributed by atoms with Crippen molar-refractivity contribution < 1.29 is 9.18 Å². The molecule has 1 amide bonds. The van der Waals surface area contributed by atoms with Gasteiger partial charge in [-0.2, -0.15) is 5.10 Å². The molecule has 4 aromatic rings. The van der Waals surface area contributed by atoms with E-state index in [9.17, 15) is 9.18 Å². The van der Waals surface area contributed by atoms with Crippen LogP contribution in [0.1, 0.15) is 10.4 Å². The minimum absolute atomic E-state index is 0.0407. The third-order valence-electron chi connectivity index (χ3n) is 4.09. The number of carbonyl (C=O) groups is 1. The van der Waals surface area contributed by atoms with Crippen molar-refractivity contribution in [3.63, 3.8) is 0 Å². The molecule has 0 aliphatic heterocycles. The normalized spacial score (nSPS) is 10.6. The summed E-state index contributed by atoms with van der Waals surface area (Å²) >= 11 is 5.77. The second-order valence-electron chi connectivity index (χ2n) is 5.99. The summed E-state index contributed by atoms with van der Waals surface area (Å²) in [7, 11) is 0. The van der Waals surface area contributed by atoms with Crippen molar-refractivity contribution in [1.82, 2.24) is 14.8 Å². The van der Waals surface area contributed by atoms with Crippen LogP contribution < -0.4 is 5.32 Å². The monoisotopic (exact) mass is 392 g/mol. The topological polar surface area (TPSA) is 59.8 Å². The molecule has 0 spiro atoms. The van der Waals surface area contributed by atoms with E-state index in [-0.39, 0.29) is 10.7 Å². The summed E-state index contributed by atoms with van der Waals surface area (Å²) in [4.78, 5) is 17.0. The molecule has 0 unspecified atom stereocenters. The summed E-state index contributed by atoms with van der Waals surface area (Å²) in [6, 6.07) is 17.0. The first kappa shape index (κ1) is 17.9. The lowest BCUT2D eigenvalue weighted by molar-refractivity contribution is 0.102. The third-order valence-corrected chi connectivity index (χ3v) is 4.33. The summed E-state index contributed by atoms with van der Waals surface area (Å²) in [5, 5.41) is 7.39. The third kappa shape index (κ3) is 3.63. The van der Waals surface area contributed by atoms with Crippen LogP contribution in [0.3, 0.4) is 0 Å². The van der Waals surface area contributed by atoms with Gasteiger partial charge in [-0.3, -0.25) is 9.78 Å². The van der Waals surface area contributed by atoms with Crippen LogP contribution in [-0.2, 0) is 0 Å². The zero-order valence-electron chi connectivity index (χ0n) is 14.5. The van der Waals surface area contributed by atoms with E-state index in [0.717, 1.165) is 11.8 Å². The highest BCUT2D eigenvalue weighted by atomic mass is 35.5. The first-order chi connectivity index (χ1) is 13.6. The number of rotatable bonds is 4. The summed E-state index contributed by atoms with van der Waals surface area (Å²) in [6.45, 7) is 0. The molecule has 1 N–H and O–H groups in total. The van der Waals surface area contributed by atoms with Gasteiger partial charge in [-0.1, -0.05) is 29.8 Å². The quantitative estimate of drug-likeness (QED) is 0.533. The number of para-hydroxylation sites is 1. The summed E-state index contributed by atoms with van der Waals surface area (Å²) in [5.41, 5.74) is 2.26. The van der Waals surface area contributed by atoms with Gasteiger partial charge in [0.2, 0.25) is 0 Å². The van der Waals surface area contributed by atoms with Crippen molar-refractivity contribution >= 4 is 23.2 Å². The van der Waals surface area contributed by atoms with E-state index >= 15 is 0 Å². The molecule has 0 fully saturated rings. The van der Waals surface area contributed by atoms with E-state index in [1.54, 1.807) is 29.3 Å². The van der Waals surface area contributed by atoms with Gasteiger partial charge in [0, 0.05) is 29.2 Å². The predicted octanol–water partition coefficient (Wildman–Crippen LogP) is 4.98. The molecule has 28 heavy (non-hydrogen) atoms. The van der Waals surface area contributed by atoms with Crippen molar-refractivity contribution in [2.24, 2.45) is 0 Å². The molecule has 2 aromatic carbocycles. The van der Waals surface area contributed by atoms with E-state index in [1.807, 2.05) is 36.4 Å². The van der Waals surface area contributed by atoms with Crippen LogP contribution in [0, 0.1) is 5.82 Å². The zero-order valence-corrected chi connectivity index (χ0v) is 15.3. The predicted molar refractivity (Wildman–Crippen MR) is 106 cm³/mol. The minimum Gasteiger partial charge on any atom is -0.319 e. The molecule has 5 nitrogen and oxygen atoms in total. The lowest BCUT2D eigenvalue weighted by Gasteiger charge is -2.06. The molecule has 2 heterocycles. The Bertz CT molecular complexity index is 1130. The highest BCUT2D eigenvalue weighted by molar-refractivity contribution is 6.30. The lowest BCUT2D eigenvalue weighted by Crippen LogP contribution is -2.13. The molecule has 138 valence electrons. The van der Waals surface area contributed by atoms with Gasteiger partial charge in [0.1, 0.15) is 11.5 Å². The number of pyridine rings is 1. The molecule has 2 aromatic heterocycles. The molecule has 0 saturated heterocycles. The van der Waals surface area contributed by atoms with Crippen LogP contribution in [0.4, 0.5) is 10.1 Å². The van der Waals surface area contributed by atoms with Crippen molar-refractivity contribution in [2.45, 2.75) is 0 Å². The van der Waals surface area contributed by atoms with Gasteiger partial charge >= 0.3 is 0 Å². The Morgan fingerprint density at radius 3 is 2.61 bits per heavy atom. The van der Waals surface area contributed by atoms with Crippen LogP contribution in [0.5, 0.6) is 0 Å². The number of nitrogens with zero attached hydrogens (tertiary/aromatic N) is 3. The number of benzene rings is 2. The first-order valence-corrected chi connectivity index (χ1v) is 8.81. The molecule has 0 radical (unpaired) electrons. The molecule has 4 rings (SSSR count). The second kappa shape index (κ2) is 7.62. The Morgan fingerprint density at radius 2 is 1.89 bits per heavy atom. The van der Waals surface area contributed by atoms with Gasteiger partial charge in [0.05, 0.1) is 16.9 Å². The van der Waals surface area contributed by atoms with E-state index in [0.29, 0.717) is 16.8 Å². The molecular formula is C21H14ClFN4O. The molecule has 0 aliphatic rings. The summed E-state index contributed by atoms with van der Waals surface area (Å²) in [5.74, 6) is -1.10. The smallest absolute Gasteiger partial charge is 0.259 e. The van der Waals surface area contributed by atoms with Gasteiger partial charge in [-0.25, -0.2) is 9.07 Å². The van der Waals surface area contributed by atoms with E-state index in [2.05, 4.69) is 15.4 Å². The standard InChI is InChI=1S/C21H14ClFN4O/c22-15-8-9-19(18(23)11-15)25-21(28)17-13-27(16-6-2-1-3-7-16)26-20(17)14-5-4-10-24-12-14/h1-13H,(H,25,28). The highest BCUT2D eigenvalue weighted by Gasteiger charge is 2.20. The minimum atomic E-state index is -0.612. The van der Waals surface area contributed by atoms with Crippen LogP contribution >= 0.6 is 11.6 Å². The van der Waals surface area contributed by atoms with E-state index in [1.165, 1.54) is 12.1 Å². The maximum atomic E-state index is 14.1. The highest BCUT2D eigenvalue weighted by Crippen LogP contribution is 2.25. The second-order valence-corrected chi connectivity index (χ2v) is 6.43. The fourth-order valence-corrected chi connectivity index (χ4v) is 2.91. The van der Waals surface area contributed by atoms with Crippen LogP contribution in [-0.4, -0.2) is 20.7 Å². The first-order valence-electron chi connectivity index (χ1n) is 8.44. The molecule has 0 aliphatic carbocycles. The Labute approximate surface area is 165 Å². The van der Waals surface area contributed by atoms with Crippen molar-refractivity contribution in [3.8, 4) is 16.9 Å². The van der Waals surface area contributed by atoms with Gasteiger partial charge in [0.25, 0.3) is 5.91 Å². The van der Waals surface area contributed by atoms with Crippen molar-refractivity contribution in [1.29, 1.82) is 0 Å². The van der Waals surface area contributed by atoms with Gasteiger partial charge in [-0.15, -0.1) is 0 Å². The number of halogens is 2. The Kier molecular flexibility index (Phi) is 4.87. The maximum absolute atomic E-state index is 14.1. The Balaban J connectivity index is 1.76. The van der Waals surface area contributed by atoms with Gasteiger partial charge < -0.3 is 5.32 Å². The largest absolute Gasteiger partial charge is 0.319 e. The Hall–Kier alpha value is -3.51. The number of anilines is 1. The lowest BCUT2D eigenvalue weighted by atomic mass is 10.1. The average molecular weight is 393 g/mol. The molecular weight excluding hydrogens is 379 g/mol. The van der Waals surface area contributed by atoms with Crippen molar-refractivity contribution in [2.75, 3.05) is 5.32 Å². The van der Waals surface area contributed by atoms with Crippen LogP contribution in [0.15, 0.2) is 79.3 Å². The number of carbonyl (C=O) groups excluding carboxylic acids is 1. The zero-order chi connectivity index (χ0) is 19.5. The van der Waals surface area contributed by atoms with E-state index in [4.69, 9.17) is 11.6 Å². The molecule has 7 heteroatoms. The fourth-order valence-electron chi connectivity index (χ4n) is 2.75. The Morgan fingerprint density at radius 1 is 1.07 bits per heavy atom. The van der Waals surface area contributed by atoms with Gasteiger partial charge in [0.15, 0.2) is 0 Å². The summed E-state index contributed by atoms with van der Waals surface area (Å²) < 4.78 is 15.7. The number of nitrogens with one attached hydrogen (secondary N) is 1. The molecule has 0 atom stereocenters. The average Bonchev–Trinajstić information content (AvgIpc) is 3.17. The number of amides is 1. The van der Waals surface area contributed by atoms with Gasteiger partial charge in [-0.05, 0) is 42.5 Å². The summed E-state index contributed by atoms with van der Waals surface area (Å²) in [6.07, 6.45) is 4.87. The van der Waals surface area contributed by atoms with Crippen LogP contribution in [0.2, 0.25) is 5.02 Å². The molecule has 0 saturated carbocycles. The molecule has 0 bridgehead atoms. The fraction of sp³-hybridized carbons (Fsp3) is 0. The number of hydrogen-bond acceptors (Lipinski definition) is 3.